The van der Waals surface area contributed by atoms with Gasteiger partial charge in [0.25, 0.3) is 0 Å². The van der Waals surface area contributed by atoms with Crippen LogP contribution in [0.2, 0.25) is 0 Å². The fourth-order valence-corrected chi connectivity index (χ4v) is 1.48. The second kappa shape index (κ2) is 8.89. The van der Waals surface area contributed by atoms with Gasteiger partial charge in [-0.3, -0.25) is 0 Å². The Labute approximate surface area is 116 Å². The molecule has 0 heterocycles. The summed E-state index contributed by atoms with van der Waals surface area (Å²) in [6.45, 7) is 0.229. The predicted octanol–water partition coefficient (Wildman–Crippen LogP) is 0.735. The summed E-state index contributed by atoms with van der Waals surface area (Å²) in [5.74, 6) is 4.30. The molecule has 1 atom stereocenters. The maximum atomic E-state index is 11.6. The molecule has 110 valence electrons. The van der Waals surface area contributed by atoms with Crippen LogP contribution in [0.15, 0.2) is 30.3 Å². The van der Waals surface area contributed by atoms with Crippen molar-refractivity contribution in [2.45, 2.75) is 19.1 Å². The van der Waals surface area contributed by atoms with Gasteiger partial charge in [0.15, 0.2) is 0 Å². The van der Waals surface area contributed by atoms with Crippen molar-refractivity contribution in [3.8, 4) is 0 Å². The largest absolute Gasteiger partial charge is 0.467 e. The van der Waals surface area contributed by atoms with Crippen LogP contribution in [0, 0.1) is 0 Å². The molecule has 0 radical (unpaired) electrons. The Balaban J connectivity index is 2.43. The van der Waals surface area contributed by atoms with Gasteiger partial charge in [0, 0.05) is 6.42 Å². The molecular weight excluding hydrogens is 264 g/mol. The first kappa shape index (κ1) is 15.9. The average molecular weight is 282 g/mol. The van der Waals surface area contributed by atoms with Crippen molar-refractivity contribution in [1.29, 1.82) is 0 Å². The van der Waals surface area contributed by atoms with Crippen LogP contribution >= 0.6 is 0 Å². The number of amides is 1. The number of carbonyl (C=O) groups excluding carboxylic acids is 2. The summed E-state index contributed by atoms with van der Waals surface area (Å²) >= 11 is 0. The summed E-state index contributed by atoms with van der Waals surface area (Å²) in [6.07, 6.45) is -0.509. The number of carbonyl (C=O) groups is 2. The van der Waals surface area contributed by atoms with Crippen LogP contribution < -0.4 is 11.2 Å². The third kappa shape index (κ3) is 5.68. The van der Waals surface area contributed by atoms with E-state index >= 15 is 0 Å². The highest BCUT2D eigenvalue weighted by atomic mass is 16.6. The summed E-state index contributed by atoms with van der Waals surface area (Å²) in [7, 11) is 1.23. The van der Waals surface area contributed by atoms with E-state index in [1.165, 1.54) is 7.11 Å². The van der Waals surface area contributed by atoms with Crippen molar-refractivity contribution in [3.05, 3.63) is 35.9 Å². The molecule has 1 rings (SSSR count). The number of hydrogen-bond acceptors (Lipinski definition) is 6. The van der Waals surface area contributed by atoms with Crippen molar-refractivity contribution >= 4 is 12.1 Å². The second-order valence-corrected chi connectivity index (χ2v) is 3.94. The van der Waals surface area contributed by atoms with Crippen molar-refractivity contribution < 1.29 is 23.9 Å². The van der Waals surface area contributed by atoms with E-state index in [0.717, 1.165) is 5.56 Å². The molecule has 0 saturated carbocycles. The molecule has 0 aromatic heterocycles. The van der Waals surface area contributed by atoms with Gasteiger partial charge in [0.05, 0.1) is 13.7 Å². The number of esters is 1. The minimum atomic E-state index is -0.855. The van der Waals surface area contributed by atoms with E-state index in [9.17, 15) is 9.59 Å². The predicted molar refractivity (Wildman–Crippen MR) is 70.3 cm³/mol. The normalized spacial score (nSPS) is 11.5. The van der Waals surface area contributed by atoms with Crippen LogP contribution in [0.5, 0.6) is 0 Å². The van der Waals surface area contributed by atoms with Crippen molar-refractivity contribution in [1.82, 2.24) is 5.32 Å². The van der Waals surface area contributed by atoms with Gasteiger partial charge in [-0.05, 0) is 5.56 Å². The number of nitrogens with two attached hydrogens (primary N) is 1. The van der Waals surface area contributed by atoms with Crippen LogP contribution in [0.3, 0.4) is 0 Å². The molecule has 7 heteroatoms. The Hall–Kier alpha value is -2.12. The summed E-state index contributed by atoms with van der Waals surface area (Å²) in [6, 6.07) is 8.34. The molecule has 1 aromatic carbocycles. The van der Waals surface area contributed by atoms with E-state index in [1.54, 1.807) is 0 Å². The maximum Gasteiger partial charge on any atom is 0.408 e. The first-order valence-electron chi connectivity index (χ1n) is 6.04. The van der Waals surface area contributed by atoms with Gasteiger partial charge in [0.1, 0.15) is 12.6 Å². The summed E-state index contributed by atoms with van der Waals surface area (Å²) < 4.78 is 9.57. The lowest BCUT2D eigenvalue weighted by Gasteiger charge is -2.15. The fraction of sp³-hybridized carbons (Fsp3) is 0.385. The van der Waals surface area contributed by atoms with Gasteiger partial charge >= 0.3 is 12.1 Å². The Bertz CT molecular complexity index is 424. The van der Waals surface area contributed by atoms with E-state index in [2.05, 4.69) is 14.9 Å². The molecule has 0 bridgehead atoms. The summed E-state index contributed by atoms with van der Waals surface area (Å²) in [4.78, 5) is 27.4. The van der Waals surface area contributed by atoms with E-state index in [-0.39, 0.29) is 19.6 Å². The highest BCUT2D eigenvalue weighted by Gasteiger charge is 2.21. The van der Waals surface area contributed by atoms with E-state index < -0.39 is 18.1 Å². The third-order valence-corrected chi connectivity index (χ3v) is 2.51. The maximum absolute atomic E-state index is 11.6. The average Bonchev–Trinajstić information content (AvgIpc) is 2.49. The quantitative estimate of drug-likeness (QED) is 0.565. The van der Waals surface area contributed by atoms with Crippen LogP contribution in [0.1, 0.15) is 12.0 Å². The monoisotopic (exact) mass is 282 g/mol. The molecule has 0 aliphatic rings. The first-order valence-corrected chi connectivity index (χ1v) is 6.04. The number of hydrogen-bond donors (Lipinski definition) is 2. The van der Waals surface area contributed by atoms with Crippen LogP contribution in [0.25, 0.3) is 0 Å². The van der Waals surface area contributed by atoms with Gasteiger partial charge in [-0.15, -0.1) is 0 Å². The zero-order valence-corrected chi connectivity index (χ0v) is 11.2. The molecule has 0 saturated heterocycles. The third-order valence-electron chi connectivity index (χ3n) is 2.51. The SMILES string of the molecule is COC(=O)C(CCON)NC(=O)OCc1ccccc1. The molecule has 1 aromatic rings. The fourth-order valence-electron chi connectivity index (χ4n) is 1.48. The number of methoxy groups -OCH3 is 1. The van der Waals surface area contributed by atoms with Crippen molar-refractivity contribution in [2.75, 3.05) is 13.7 Å². The number of rotatable bonds is 7. The molecule has 1 unspecified atom stereocenters. The van der Waals surface area contributed by atoms with Crippen LogP contribution in [-0.2, 0) is 25.7 Å². The molecule has 0 fully saturated rings. The topological polar surface area (TPSA) is 99.9 Å². The minimum absolute atomic E-state index is 0.110. The van der Waals surface area contributed by atoms with Gasteiger partial charge in [-0.2, -0.15) is 0 Å². The van der Waals surface area contributed by atoms with Crippen LogP contribution in [0.4, 0.5) is 4.79 Å². The van der Waals surface area contributed by atoms with Crippen LogP contribution in [-0.4, -0.2) is 31.8 Å². The molecular formula is C13H18N2O5. The van der Waals surface area contributed by atoms with E-state index in [0.29, 0.717) is 0 Å². The number of benzene rings is 1. The van der Waals surface area contributed by atoms with Crippen molar-refractivity contribution in [2.24, 2.45) is 5.90 Å². The minimum Gasteiger partial charge on any atom is -0.467 e. The Morgan fingerprint density at radius 1 is 1.30 bits per heavy atom. The Morgan fingerprint density at radius 3 is 2.60 bits per heavy atom. The van der Waals surface area contributed by atoms with E-state index in [4.69, 9.17) is 10.6 Å². The van der Waals surface area contributed by atoms with Crippen molar-refractivity contribution in [3.63, 3.8) is 0 Å². The zero-order chi connectivity index (χ0) is 14.8. The molecule has 3 N–H and O–H groups in total. The van der Waals surface area contributed by atoms with Gasteiger partial charge in [-0.1, -0.05) is 30.3 Å². The molecule has 0 aliphatic carbocycles. The van der Waals surface area contributed by atoms with E-state index in [1.807, 2.05) is 30.3 Å². The molecule has 1 amide bonds. The summed E-state index contributed by atoms with van der Waals surface area (Å²) in [5.41, 5.74) is 0.850. The number of ether oxygens (including phenoxy) is 2. The molecule has 20 heavy (non-hydrogen) atoms. The Kier molecular flexibility index (Phi) is 7.08. The summed E-state index contributed by atoms with van der Waals surface area (Å²) in [5, 5.41) is 2.40. The highest BCUT2D eigenvalue weighted by molar-refractivity contribution is 5.81. The number of alkyl carbamates (subject to hydrolysis) is 1. The van der Waals surface area contributed by atoms with Gasteiger partial charge in [-0.25, -0.2) is 15.5 Å². The molecule has 7 nitrogen and oxygen atoms in total. The first-order chi connectivity index (χ1) is 9.67. The lowest BCUT2D eigenvalue weighted by molar-refractivity contribution is -0.143. The van der Waals surface area contributed by atoms with Gasteiger partial charge in [0.2, 0.25) is 0 Å². The molecule has 0 spiro atoms. The highest BCUT2D eigenvalue weighted by Crippen LogP contribution is 2.02. The standard InChI is InChI=1S/C13H18N2O5/c1-18-12(16)11(7-8-20-14)15-13(17)19-9-10-5-3-2-4-6-10/h2-6,11H,7-9,14H2,1H3,(H,15,17). The zero-order valence-electron chi connectivity index (χ0n) is 11.2. The Morgan fingerprint density at radius 2 is 2.00 bits per heavy atom. The lowest BCUT2D eigenvalue weighted by atomic mass is 10.2. The number of nitrogens with one attached hydrogen (secondary N) is 1. The van der Waals surface area contributed by atoms with Gasteiger partial charge < -0.3 is 19.6 Å². The molecule has 0 aliphatic heterocycles. The second-order valence-electron chi connectivity index (χ2n) is 3.94. The lowest BCUT2D eigenvalue weighted by Crippen LogP contribution is -2.42. The smallest absolute Gasteiger partial charge is 0.408 e.